The first kappa shape index (κ1) is 14.3. The molecule has 0 amide bonds. The predicted molar refractivity (Wildman–Crippen MR) is 69.9 cm³/mol. The summed E-state index contributed by atoms with van der Waals surface area (Å²) in [7, 11) is -1.65. The number of carboxylic acid groups (broad SMARTS) is 1. The van der Waals surface area contributed by atoms with E-state index in [9.17, 15) is 17.8 Å². The number of carbonyl (C=O) groups is 1. The van der Waals surface area contributed by atoms with Crippen LogP contribution in [0.25, 0.3) is 0 Å². The summed E-state index contributed by atoms with van der Waals surface area (Å²) in [5.74, 6) is -3.90. The molecule has 0 radical (unpaired) electrons. The van der Waals surface area contributed by atoms with Gasteiger partial charge in [-0.25, -0.2) is 13.6 Å². The van der Waals surface area contributed by atoms with Crippen molar-refractivity contribution in [3.8, 4) is 0 Å². The van der Waals surface area contributed by atoms with E-state index in [4.69, 9.17) is 5.11 Å². The second-order valence-electron chi connectivity index (χ2n) is 3.99. The van der Waals surface area contributed by atoms with Crippen molar-refractivity contribution < 1.29 is 22.9 Å². The van der Waals surface area contributed by atoms with Gasteiger partial charge in [0.25, 0.3) is 0 Å². The van der Waals surface area contributed by atoms with Crippen molar-refractivity contribution in [2.24, 2.45) is 0 Å². The summed E-state index contributed by atoms with van der Waals surface area (Å²) in [6, 6.07) is 9.78. The van der Waals surface area contributed by atoms with E-state index in [0.717, 1.165) is 12.1 Å². The number of carboxylic acids is 1. The molecule has 1 N–H and O–H groups in total. The van der Waals surface area contributed by atoms with Crippen LogP contribution in [0.4, 0.5) is 8.78 Å². The zero-order valence-corrected chi connectivity index (χ0v) is 11.0. The number of hydrogen-bond acceptors (Lipinski definition) is 2. The van der Waals surface area contributed by atoms with E-state index in [-0.39, 0.29) is 5.56 Å². The molecule has 0 saturated heterocycles. The standard InChI is InChI=1S/C14H10F2O3S/c15-11-6-7-12(16)13(14(17)18)10(11)8-20(19)9-4-2-1-3-5-9/h1-7H,8H2,(H,17,18). The van der Waals surface area contributed by atoms with Gasteiger partial charge in [0, 0.05) is 10.5 Å². The molecule has 2 aromatic carbocycles. The highest BCUT2D eigenvalue weighted by Gasteiger charge is 2.21. The first-order valence-corrected chi connectivity index (χ1v) is 6.96. The van der Waals surface area contributed by atoms with Crippen LogP contribution in [-0.2, 0) is 16.6 Å². The van der Waals surface area contributed by atoms with Gasteiger partial charge >= 0.3 is 5.97 Å². The van der Waals surface area contributed by atoms with Gasteiger partial charge in [-0.2, -0.15) is 0 Å². The van der Waals surface area contributed by atoms with Gasteiger partial charge in [-0.15, -0.1) is 0 Å². The molecular weight excluding hydrogens is 286 g/mol. The van der Waals surface area contributed by atoms with Crippen LogP contribution in [0.3, 0.4) is 0 Å². The molecular formula is C14H10F2O3S. The Kier molecular flexibility index (Phi) is 4.24. The zero-order chi connectivity index (χ0) is 14.7. The molecule has 0 aliphatic rings. The highest BCUT2D eigenvalue weighted by molar-refractivity contribution is 7.84. The molecule has 0 fully saturated rings. The third-order valence-electron chi connectivity index (χ3n) is 2.70. The Balaban J connectivity index is 2.41. The summed E-state index contributed by atoms with van der Waals surface area (Å²) in [6.07, 6.45) is 0. The molecule has 1 unspecified atom stereocenters. The molecule has 0 aromatic heterocycles. The molecule has 0 aliphatic carbocycles. The fraction of sp³-hybridized carbons (Fsp3) is 0.0714. The molecule has 0 bridgehead atoms. The number of halogens is 2. The molecule has 104 valence electrons. The van der Waals surface area contributed by atoms with Gasteiger partial charge in [-0.1, -0.05) is 18.2 Å². The maximum Gasteiger partial charge on any atom is 0.339 e. The molecule has 0 saturated carbocycles. The van der Waals surface area contributed by atoms with Crippen LogP contribution in [-0.4, -0.2) is 15.3 Å². The van der Waals surface area contributed by atoms with Gasteiger partial charge in [0.15, 0.2) is 0 Å². The van der Waals surface area contributed by atoms with Crippen molar-refractivity contribution in [1.29, 1.82) is 0 Å². The van der Waals surface area contributed by atoms with Crippen molar-refractivity contribution in [3.05, 3.63) is 65.2 Å². The van der Waals surface area contributed by atoms with E-state index in [1.165, 1.54) is 0 Å². The lowest BCUT2D eigenvalue weighted by Crippen LogP contribution is -2.10. The molecule has 2 rings (SSSR count). The number of aromatic carboxylic acids is 1. The summed E-state index contributed by atoms with van der Waals surface area (Å²) in [5, 5.41) is 8.95. The summed E-state index contributed by atoms with van der Waals surface area (Å²) < 4.78 is 39.3. The number of rotatable bonds is 4. The van der Waals surface area contributed by atoms with Gasteiger partial charge in [-0.3, -0.25) is 4.21 Å². The van der Waals surface area contributed by atoms with Crippen LogP contribution in [0.5, 0.6) is 0 Å². The monoisotopic (exact) mass is 296 g/mol. The summed E-state index contributed by atoms with van der Waals surface area (Å²) >= 11 is 0. The third kappa shape index (κ3) is 2.91. The Labute approximate surface area is 116 Å². The maximum atomic E-state index is 13.7. The van der Waals surface area contributed by atoms with Crippen LogP contribution in [0.15, 0.2) is 47.4 Å². The highest BCUT2D eigenvalue weighted by atomic mass is 32.2. The molecule has 0 heterocycles. The van der Waals surface area contributed by atoms with Gasteiger partial charge in [-0.05, 0) is 24.3 Å². The average Bonchev–Trinajstić information content (AvgIpc) is 2.43. The summed E-state index contributed by atoms with van der Waals surface area (Å²) in [4.78, 5) is 11.4. The Hall–Kier alpha value is -2.08. The van der Waals surface area contributed by atoms with Crippen molar-refractivity contribution >= 4 is 16.8 Å². The van der Waals surface area contributed by atoms with E-state index in [2.05, 4.69) is 0 Å². The fourth-order valence-corrected chi connectivity index (χ4v) is 2.92. The topological polar surface area (TPSA) is 54.4 Å². The molecule has 6 heteroatoms. The third-order valence-corrected chi connectivity index (χ3v) is 4.05. The highest BCUT2D eigenvalue weighted by Crippen LogP contribution is 2.21. The normalized spacial score (nSPS) is 12.1. The van der Waals surface area contributed by atoms with Crippen LogP contribution in [0, 0.1) is 11.6 Å². The van der Waals surface area contributed by atoms with E-state index in [1.54, 1.807) is 30.3 Å². The first-order valence-electron chi connectivity index (χ1n) is 5.64. The summed E-state index contributed by atoms with van der Waals surface area (Å²) in [6.45, 7) is 0. The Bertz CT molecular complexity index is 672. The largest absolute Gasteiger partial charge is 0.478 e. The SMILES string of the molecule is O=C(O)c1c(F)ccc(F)c1CS(=O)c1ccccc1. The maximum absolute atomic E-state index is 13.7. The van der Waals surface area contributed by atoms with Crippen molar-refractivity contribution in [3.63, 3.8) is 0 Å². The molecule has 0 spiro atoms. The average molecular weight is 296 g/mol. The van der Waals surface area contributed by atoms with Crippen LogP contribution in [0.2, 0.25) is 0 Å². The van der Waals surface area contributed by atoms with Crippen molar-refractivity contribution in [2.75, 3.05) is 0 Å². The van der Waals surface area contributed by atoms with E-state index in [1.807, 2.05) is 0 Å². The summed E-state index contributed by atoms with van der Waals surface area (Å²) in [5.41, 5.74) is -1.16. The van der Waals surface area contributed by atoms with Crippen molar-refractivity contribution in [1.82, 2.24) is 0 Å². The fourth-order valence-electron chi connectivity index (χ4n) is 1.75. The van der Waals surface area contributed by atoms with Crippen molar-refractivity contribution in [2.45, 2.75) is 10.6 Å². The van der Waals surface area contributed by atoms with Crippen LogP contribution < -0.4 is 0 Å². The minimum atomic E-state index is -1.65. The molecule has 1 atom stereocenters. The molecule has 2 aromatic rings. The van der Waals surface area contributed by atoms with Crippen LogP contribution >= 0.6 is 0 Å². The lowest BCUT2D eigenvalue weighted by molar-refractivity contribution is 0.0690. The molecule has 0 aliphatic heterocycles. The predicted octanol–water partition coefficient (Wildman–Crippen LogP) is 2.97. The number of benzene rings is 2. The van der Waals surface area contributed by atoms with E-state index < -0.39 is 39.7 Å². The minimum Gasteiger partial charge on any atom is -0.478 e. The second-order valence-corrected chi connectivity index (χ2v) is 5.44. The molecule has 3 nitrogen and oxygen atoms in total. The van der Waals surface area contributed by atoms with Gasteiger partial charge in [0.1, 0.15) is 17.2 Å². The van der Waals surface area contributed by atoms with Gasteiger partial charge in [0.05, 0.1) is 16.6 Å². The zero-order valence-electron chi connectivity index (χ0n) is 10.2. The lowest BCUT2D eigenvalue weighted by atomic mass is 10.1. The second kappa shape index (κ2) is 5.92. The van der Waals surface area contributed by atoms with Gasteiger partial charge < -0.3 is 5.11 Å². The van der Waals surface area contributed by atoms with Crippen LogP contribution in [0.1, 0.15) is 15.9 Å². The van der Waals surface area contributed by atoms with E-state index >= 15 is 0 Å². The van der Waals surface area contributed by atoms with Gasteiger partial charge in [0.2, 0.25) is 0 Å². The Morgan fingerprint density at radius 1 is 1.05 bits per heavy atom. The quantitative estimate of drug-likeness (QED) is 0.943. The minimum absolute atomic E-state index is 0.389. The van der Waals surface area contributed by atoms with E-state index in [0.29, 0.717) is 4.90 Å². The lowest BCUT2D eigenvalue weighted by Gasteiger charge is -2.08. The molecule has 20 heavy (non-hydrogen) atoms. The first-order chi connectivity index (χ1) is 9.50. The number of hydrogen-bond donors (Lipinski definition) is 1. The Morgan fingerprint density at radius 3 is 2.25 bits per heavy atom. The smallest absolute Gasteiger partial charge is 0.339 e. The Morgan fingerprint density at radius 2 is 1.65 bits per heavy atom.